The molecule has 2 rings (SSSR count). The van der Waals surface area contributed by atoms with E-state index in [1.165, 1.54) is 4.90 Å². The quantitative estimate of drug-likeness (QED) is 0.926. The molecular weight excluding hydrogens is 321 g/mol. The third-order valence-corrected chi connectivity index (χ3v) is 3.97. The second-order valence-corrected chi connectivity index (χ2v) is 5.44. The van der Waals surface area contributed by atoms with Gasteiger partial charge in [0.1, 0.15) is 6.04 Å². The number of hydrogen-bond donors (Lipinski definition) is 1. The Kier molecular flexibility index (Phi) is 3.92. The maximum atomic E-state index is 11.7. The van der Waals surface area contributed by atoms with Gasteiger partial charge in [0.2, 0.25) is 5.91 Å². The molecule has 0 aliphatic carbocycles. The molecule has 1 aliphatic rings. The van der Waals surface area contributed by atoms with Crippen molar-refractivity contribution in [1.29, 1.82) is 0 Å². The van der Waals surface area contributed by atoms with E-state index in [4.69, 9.17) is 16.7 Å². The zero-order chi connectivity index (χ0) is 13.3. The van der Waals surface area contributed by atoms with Gasteiger partial charge >= 0.3 is 5.97 Å². The minimum atomic E-state index is -0.959. The van der Waals surface area contributed by atoms with Crippen molar-refractivity contribution >= 4 is 39.4 Å². The minimum Gasteiger partial charge on any atom is -0.480 e. The van der Waals surface area contributed by atoms with E-state index in [-0.39, 0.29) is 18.9 Å². The molecule has 0 spiro atoms. The Morgan fingerprint density at radius 1 is 1.56 bits per heavy atom. The first-order valence-electron chi connectivity index (χ1n) is 5.45. The monoisotopic (exact) mass is 331 g/mol. The number of halogens is 2. The third-order valence-electron chi connectivity index (χ3n) is 2.96. The number of nitrogens with zero attached hydrogens (tertiary/aromatic N) is 1. The number of carbonyl (C=O) groups excluding carboxylic acids is 1. The molecular formula is C12H11BrClNO3. The van der Waals surface area contributed by atoms with Gasteiger partial charge in [-0.2, -0.15) is 0 Å². The number of aliphatic carboxylic acids is 1. The van der Waals surface area contributed by atoms with E-state index in [0.29, 0.717) is 11.4 Å². The molecule has 1 saturated heterocycles. The van der Waals surface area contributed by atoms with Crippen molar-refractivity contribution in [2.75, 3.05) is 0 Å². The Hall–Kier alpha value is -1.07. The summed E-state index contributed by atoms with van der Waals surface area (Å²) in [7, 11) is 0. The summed E-state index contributed by atoms with van der Waals surface area (Å²) in [5, 5.41) is 9.63. The molecule has 0 saturated carbocycles. The van der Waals surface area contributed by atoms with Crippen LogP contribution < -0.4 is 0 Å². The van der Waals surface area contributed by atoms with E-state index in [9.17, 15) is 9.59 Å². The molecule has 4 nitrogen and oxygen atoms in total. The molecule has 1 atom stereocenters. The van der Waals surface area contributed by atoms with Gasteiger partial charge in [0.05, 0.1) is 0 Å². The van der Waals surface area contributed by atoms with Crippen LogP contribution in [0.2, 0.25) is 5.02 Å². The highest BCUT2D eigenvalue weighted by Crippen LogP contribution is 2.27. The molecule has 1 unspecified atom stereocenters. The number of amides is 1. The Morgan fingerprint density at radius 3 is 2.94 bits per heavy atom. The van der Waals surface area contributed by atoms with Crippen LogP contribution in [0.4, 0.5) is 0 Å². The van der Waals surface area contributed by atoms with E-state index in [1.807, 2.05) is 0 Å². The van der Waals surface area contributed by atoms with Gasteiger partial charge in [0.25, 0.3) is 0 Å². The lowest BCUT2D eigenvalue weighted by molar-refractivity contribution is -0.146. The van der Waals surface area contributed by atoms with Crippen LogP contribution in [0, 0.1) is 0 Å². The van der Waals surface area contributed by atoms with Crippen molar-refractivity contribution in [2.24, 2.45) is 0 Å². The first-order valence-corrected chi connectivity index (χ1v) is 6.62. The van der Waals surface area contributed by atoms with E-state index in [2.05, 4.69) is 15.9 Å². The smallest absolute Gasteiger partial charge is 0.326 e. The van der Waals surface area contributed by atoms with Crippen LogP contribution in [0.3, 0.4) is 0 Å². The molecule has 1 aromatic rings. The summed E-state index contributed by atoms with van der Waals surface area (Å²) in [6.45, 7) is 0.261. The number of carbonyl (C=O) groups is 2. The fourth-order valence-corrected chi connectivity index (χ4v) is 2.60. The summed E-state index contributed by atoms with van der Waals surface area (Å²) < 4.78 is 0.815. The van der Waals surface area contributed by atoms with Crippen LogP contribution in [0.1, 0.15) is 18.4 Å². The Morgan fingerprint density at radius 2 is 2.28 bits per heavy atom. The molecule has 1 fully saturated rings. The van der Waals surface area contributed by atoms with Crippen molar-refractivity contribution in [3.8, 4) is 0 Å². The fraction of sp³-hybridized carbons (Fsp3) is 0.333. The lowest BCUT2D eigenvalue weighted by atomic mass is 10.2. The summed E-state index contributed by atoms with van der Waals surface area (Å²) in [5.74, 6) is -1.09. The van der Waals surface area contributed by atoms with Gasteiger partial charge in [-0.05, 0) is 30.2 Å². The SMILES string of the molecule is O=C(O)C1CCC(=O)N1Cc1cc(Cl)ccc1Br. The van der Waals surface area contributed by atoms with Crippen LogP contribution in [0.5, 0.6) is 0 Å². The Labute approximate surface area is 118 Å². The predicted octanol–water partition coefficient (Wildman–Crippen LogP) is 2.68. The average molecular weight is 333 g/mol. The largest absolute Gasteiger partial charge is 0.480 e. The molecule has 0 aromatic heterocycles. The van der Waals surface area contributed by atoms with Crippen molar-refractivity contribution < 1.29 is 14.7 Å². The molecule has 1 aromatic carbocycles. The fourth-order valence-electron chi connectivity index (χ4n) is 2.04. The second kappa shape index (κ2) is 5.28. The maximum absolute atomic E-state index is 11.7. The zero-order valence-electron chi connectivity index (χ0n) is 9.40. The summed E-state index contributed by atoms with van der Waals surface area (Å²) in [6.07, 6.45) is 0.654. The van der Waals surface area contributed by atoms with Crippen molar-refractivity contribution in [3.63, 3.8) is 0 Å². The zero-order valence-corrected chi connectivity index (χ0v) is 11.7. The van der Waals surface area contributed by atoms with E-state index < -0.39 is 12.0 Å². The number of benzene rings is 1. The maximum Gasteiger partial charge on any atom is 0.326 e. The molecule has 1 amide bonds. The first-order chi connectivity index (χ1) is 8.49. The van der Waals surface area contributed by atoms with Crippen molar-refractivity contribution in [2.45, 2.75) is 25.4 Å². The van der Waals surface area contributed by atoms with Gasteiger partial charge in [-0.1, -0.05) is 27.5 Å². The molecule has 1 heterocycles. The Balaban J connectivity index is 2.24. The average Bonchev–Trinajstić information content (AvgIpc) is 2.66. The number of carboxylic acid groups (broad SMARTS) is 1. The Bertz CT molecular complexity index is 506. The summed E-state index contributed by atoms with van der Waals surface area (Å²) >= 11 is 9.27. The van der Waals surface area contributed by atoms with Crippen molar-refractivity contribution in [3.05, 3.63) is 33.3 Å². The van der Waals surface area contributed by atoms with Gasteiger partial charge in [0.15, 0.2) is 0 Å². The standard InChI is InChI=1S/C12H11BrClNO3/c13-9-2-1-8(14)5-7(9)6-15-10(12(17)18)3-4-11(15)16/h1-2,5,10H,3-4,6H2,(H,17,18). The summed E-state index contributed by atoms with van der Waals surface area (Å²) in [6, 6.07) is 4.52. The topological polar surface area (TPSA) is 57.6 Å². The van der Waals surface area contributed by atoms with Crippen LogP contribution in [0.15, 0.2) is 22.7 Å². The van der Waals surface area contributed by atoms with Gasteiger partial charge in [-0.25, -0.2) is 4.79 Å². The van der Waals surface area contributed by atoms with Crippen molar-refractivity contribution in [1.82, 2.24) is 4.90 Å². The van der Waals surface area contributed by atoms with E-state index >= 15 is 0 Å². The van der Waals surface area contributed by atoms with Gasteiger partial charge in [0, 0.05) is 22.5 Å². The molecule has 96 valence electrons. The number of rotatable bonds is 3. The van der Waals surface area contributed by atoms with Crippen LogP contribution >= 0.6 is 27.5 Å². The van der Waals surface area contributed by atoms with E-state index in [1.54, 1.807) is 18.2 Å². The van der Waals surface area contributed by atoms with E-state index in [0.717, 1.165) is 10.0 Å². The summed E-state index contributed by atoms with van der Waals surface area (Å²) in [4.78, 5) is 24.2. The molecule has 0 radical (unpaired) electrons. The first kappa shape index (κ1) is 13.4. The lowest BCUT2D eigenvalue weighted by Gasteiger charge is -2.22. The summed E-state index contributed by atoms with van der Waals surface area (Å²) in [5.41, 5.74) is 0.809. The molecule has 1 N–H and O–H groups in total. The van der Waals surface area contributed by atoms with Crippen LogP contribution in [-0.2, 0) is 16.1 Å². The van der Waals surface area contributed by atoms with Gasteiger partial charge in [-0.3, -0.25) is 4.79 Å². The normalized spacial score (nSPS) is 19.3. The predicted molar refractivity (Wildman–Crippen MR) is 70.4 cm³/mol. The molecule has 0 bridgehead atoms. The molecule has 6 heteroatoms. The van der Waals surface area contributed by atoms with Gasteiger partial charge in [-0.15, -0.1) is 0 Å². The number of carboxylic acids is 1. The number of hydrogen-bond acceptors (Lipinski definition) is 2. The highest BCUT2D eigenvalue weighted by atomic mass is 79.9. The highest BCUT2D eigenvalue weighted by Gasteiger charge is 2.36. The third kappa shape index (κ3) is 2.67. The molecule has 18 heavy (non-hydrogen) atoms. The minimum absolute atomic E-state index is 0.130. The second-order valence-electron chi connectivity index (χ2n) is 4.15. The van der Waals surface area contributed by atoms with Gasteiger partial charge < -0.3 is 10.0 Å². The lowest BCUT2D eigenvalue weighted by Crippen LogP contribution is -2.37. The van der Waals surface area contributed by atoms with Crippen LogP contribution in [-0.4, -0.2) is 27.9 Å². The highest BCUT2D eigenvalue weighted by molar-refractivity contribution is 9.10. The number of likely N-dealkylation sites (tertiary alicyclic amines) is 1. The molecule has 1 aliphatic heterocycles. The van der Waals surface area contributed by atoms with Crippen LogP contribution in [0.25, 0.3) is 0 Å².